The van der Waals surface area contributed by atoms with Gasteiger partial charge in [-0.1, -0.05) is 30.3 Å². The Morgan fingerprint density at radius 1 is 0.708 bits per heavy atom. The molecule has 4 aromatic rings. The number of hydrogen-bond donors (Lipinski definition) is 0. The number of aryl methyl sites for hydroxylation is 1. The van der Waals surface area contributed by atoms with Crippen LogP contribution in [0.25, 0.3) is 21.8 Å². The van der Waals surface area contributed by atoms with Crippen molar-refractivity contribution in [2.24, 2.45) is 0 Å². The fraction of sp³-hybridized carbons (Fsp3) is 0.158. The maximum absolute atomic E-state index is 5.86. The highest BCUT2D eigenvalue weighted by atomic mass is 16.5. The standard InChI is InChI=1S/C19H16N4O/c1-3-8-16-14(6-1)17(21-12-20-16)10-5-11-24-19-15-7-2-4-9-18(15)22-13-23-19/h1-4,6-9,12-13H,5,10-11H2. The minimum absolute atomic E-state index is 0.583. The van der Waals surface area contributed by atoms with E-state index in [1.165, 1.54) is 6.33 Å². The van der Waals surface area contributed by atoms with Crippen molar-refractivity contribution in [2.45, 2.75) is 12.8 Å². The minimum Gasteiger partial charge on any atom is -0.477 e. The van der Waals surface area contributed by atoms with Crippen LogP contribution in [-0.4, -0.2) is 26.5 Å². The third-order valence-electron chi connectivity index (χ3n) is 3.93. The number of nitrogens with zero attached hydrogens (tertiary/aromatic N) is 4. The summed E-state index contributed by atoms with van der Waals surface area (Å²) in [5, 5.41) is 2.04. The molecule has 4 rings (SSSR count). The Morgan fingerprint density at radius 3 is 2.21 bits per heavy atom. The molecule has 0 aliphatic carbocycles. The molecule has 2 heterocycles. The van der Waals surface area contributed by atoms with Gasteiger partial charge in [0.2, 0.25) is 5.88 Å². The zero-order valence-corrected chi connectivity index (χ0v) is 13.1. The van der Waals surface area contributed by atoms with Crippen molar-refractivity contribution < 1.29 is 4.74 Å². The first-order valence-corrected chi connectivity index (χ1v) is 7.93. The SMILES string of the molecule is c1ccc2c(CCCOc3ncnc4ccccc34)ncnc2c1. The fourth-order valence-corrected chi connectivity index (χ4v) is 2.76. The van der Waals surface area contributed by atoms with Crippen LogP contribution in [0.15, 0.2) is 61.2 Å². The van der Waals surface area contributed by atoms with Gasteiger partial charge < -0.3 is 4.74 Å². The predicted molar refractivity (Wildman–Crippen MR) is 92.9 cm³/mol. The van der Waals surface area contributed by atoms with Crippen molar-refractivity contribution in [3.05, 3.63) is 66.9 Å². The Labute approximate surface area is 139 Å². The number of para-hydroxylation sites is 2. The summed E-state index contributed by atoms with van der Waals surface area (Å²) in [4.78, 5) is 17.2. The third-order valence-corrected chi connectivity index (χ3v) is 3.93. The molecule has 0 unspecified atom stereocenters. The predicted octanol–water partition coefficient (Wildman–Crippen LogP) is 3.58. The summed E-state index contributed by atoms with van der Waals surface area (Å²) in [5.74, 6) is 0.633. The average Bonchev–Trinajstić information content (AvgIpc) is 2.65. The molecule has 0 N–H and O–H groups in total. The number of ether oxygens (including phenoxy) is 1. The van der Waals surface area contributed by atoms with Gasteiger partial charge in [0.1, 0.15) is 12.7 Å². The molecule has 0 atom stereocenters. The van der Waals surface area contributed by atoms with E-state index in [1.807, 2.05) is 42.5 Å². The summed E-state index contributed by atoms with van der Waals surface area (Å²) in [6, 6.07) is 15.9. The largest absolute Gasteiger partial charge is 0.477 e. The third kappa shape index (κ3) is 2.88. The van der Waals surface area contributed by atoms with Gasteiger partial charge in [0, 0.05) is 5.39 Å². The van der Waals surface area contributed by atoms with Crippen molar-refractivity contribution in [3.63, 3.8) is 0 Å². The summed E-state index contributed by atoms with van der Waals surface area (Å²) < 4.78 is 5.86. The van der Waals surface area contributed by atoms with Crippen molar-refractivity contribution >= 4 is 21.8 Å². The van der Waals surface area contributed by atoms with Gasteiger partial charge in [0.15, 0.2) is 0 Å². The summed E-state index contributed by atoms with van der Waals surface area (Å²) in [7, 11) is 0. The van der Waals surface area contributed by atoms with Crippen molar-refractivity contribution in [1.82, 2.24) is 19.9 Å². The highest BCUT2D eigenvalue weighted by Crippen LogP contribution is 2.21. The average molecular weight is 316 g/mol. The Balaban J connectivity index is 1.44. The van der Waals surface area contributed by atoms with E-state index in [1.54, 1.807) is 6.33 Å². The van der Waals surface area contributed by atoms with Crippen LogP contribution in [0.1, 0.15) is 12.1 Å². The molecule has 0 saturated carbocycles. The molecule has 0 spiro atoms. The molecule has 24 heavy (non-hydrogen) atoms. The van der Waals surface area contributed by atoms with E-state index < -0.39 is 0 Å². The lowest BCUT2D eigenvalue weighted by Gasteiger charge is -2.08. The van der Waals surface area contributed by atoms with Gasteiger partial charge in [0.05, 0.1) is 28.7 Å². The lowest BCUT2D eigenvalue weighted by Crippen LogP contribution is -2.03. The smallest absolute Gasteiger partial charge is 0.224 e. The molecule has 0 radical (unpaired) electrons. The van der Waals surface area contributed by atoms with E-state index in [4.69, 9.17) is 4.74 Å². The Bertz CT molecular complexity index is 895. The topological polar surface area (TPSA) is 60.8 Å². The first kappa shape index (κ1) is 14.5. The molecule has 0 fully saturated rings. The van der Waals surface area contributed by atoms with E-state index in [2.05, 4.69) is 26.0 Å². The molecule has 0 saturated heterocycles. The highest BCUT2D eigenvalue weighted by Gasteiger charge is 2.06. The maximum Gasteiger partial charge on any atom is 0.224 e. The number of fused-ring (bicyclic) bond motifs is 2. The van der Waals surface area contributed by atoms with Gasteiger partial charge >= 0.3 is 0 Å². The van der Waals surface area contributed by atoms with E-state index in [9.17, 15) is 0 Å². The van der Waals surface area contributed by atoms with E-state index >= 15 is 0 Å². The number of rotatable bonds is 5. The monoisotopic (exact) mass is 316 g/mol. The minimum atomic E-state index is 0.583. The van der Waals surface area contributed by atoms with Crippen LogP contribution in [0.2, 0.25) is 0 Å². The van der Waals surface area contributed by atoms with Gasteiger partial charge in [-0.2, -0.15) is 0 Å². The van der Waals surface area contributed by atoms with E-state index in [0.717, 1.165) is 40.3 Å². The van der Waals surface area contributed by atoms with Gasteiger partial charge in [-0.3, -0.25) is 0 Å². The Hall–Kier alpha value is -3.08. The second-order valence-corrected chi connectivity index (χ2v) is 5.49. The molecule has 5 nitrogen and oxygen atoms in total. The van der Waals surface area contributed by atoms with Gasteiger partial charge in [-0.05, 0) is 31.0 Å². The summed E-state index contributed by atoms with van der Waals surface area (Å²) in [6.07, 6.45) is 4.86. The summed E-state index contributed by atoms with van der Waals surface area (Å²) >= 11 is 0. The van der Waals surface area contributed by atoms with Gasteiger partial charge in [-0.25, -0.2) is 19.9 Å². The van der Waals surface area contributed by atoms with Crippen molar-refractivity contribution in [3.8, 4) is 5.88 Å². The van der Waals surface area contributed by atoms with Crippen LogP contribution in [0, 0.1) is 0 Å². The fourth-order valence-electron chi connectivity index (χ4n) is 2.76. The molecule has 0 amide bonds. The number of hydrogen-bond acceptors (Lipinski definition) is 5. The summed E-state index contributed by atoms with van der Waals surface area (Å²) in [6.45, 7) is 0.583. The van der Waals surface area contributed by atoms with Gasteiger partial charge in [0.25, 0.3) is 0 Å². The molecule has 118 valence electrons. The van der Waals surface area contributed by atoms with E-state index in [-0.39, 0.29) is 0 Å². The second-order valence-electron chi connectivity index (χ2n) is 5.49. The molecule has 0 bridgehead atoms. The molecule has 0 aliphatic heterocycles. The Kier molecular flexibility index (Phi) is 3.98. The van der Waals surface area contributed by atoms with Crippen molar-refractivity contribution in [1.29, 1.82) is 0 Å². The number of aromatic nitrogens is 4. The van der Waals surface area contributed by atoms with E-state index in [0.29, 0.717) is 12.5 Å². The molecular weight excluding hydrogens is 300 g/mol. The molecular formula is C19H16N4O. The Morgan fingerprint density at radius 2 is 1.38 bits per heavy atom. The summed E-state index contributed by atoms with van der Waals surface area (Å²) in [5.41, 5.74) is 2.92. The van der Waals surface area contributed by atoms with Crippen LogP contribution < -0.4 is 4.74 Å². The molecule has 2 aromatic carbocycles. The maximum atomic E-state index is 5.86. The van der Waals surface area contributed by atoms with Crippen LogP contribution >= 0.6 is 0 Å². The van der Waals surface area contributed by atoms with Crippen molar-refractivity contribution in [2.75, 3.05) is 6.61 Å². The number of benzene rings is 2. The molecule has 5 heteroatoms. The quantitative estimate of drug-likeness (QED) is 0.527. The normalized spacial score (nSPS) is 11.0. The zero-order chi connectivity index (χ0) is 16.2. The van der Waals surface area contributed by atoms with Gasteiger partial charge in [-0.15, -0.1) is 0 Å². The zero-order valence-electron chi connectivity index (χ0n) is 13.1. The second kappa shape index (κ2) is 6.58. The first-order chi connectivity index (χ1) is 11.9. The lowest BCUT2D eigenvalue weighted by atomic mass is 10.1. The molecule has 2 aromatic heterocycles. The van der Waals surface area contributed by atoms with Crippen LogP contribution in [0.3, 0.4) is 0 Å². The molecule has 0 aliphatic rings. The lowest BCUT2D eigenvalue weighted by molar-refractivity contribution is 0.302. The van der Waals surface area contributed by atoms with Crippen LogP contribution in [0.4, 0.5) is 0 Å². The van der Waals surface area contributed by atoms with Crippen LogP contribution in [0.5, 0.6) is 5.88 Å². The first-order valence-electron chi connectivity index (χ1n) is 7.93. The van der Waals surface area contributed by atoms with Crippen LogP contribution in [-0.2, 0) is 6.42 Å². The highest BCUT2D eigenvalue weighted by molar-refractivity contribution is 5.83.